The van der Waals surface area contributed by atoms with E-state index in [2.05, 4.69) is 9.97 Å². The molecule has 1 heterocycles. The molecule has 0 aliphatic rings. The first-order valence-corrected chi connectivity index (χ1v) is 4.48. The van der Waals surface area contributed by atoms with Gasteiger partial charge in [0.2, 0.25) is 0 Å². The molecule has 0 radical (unpaired) electrons. The number of nitrogen functional groups attached to an aromatic ring is 1. The van der Waals surface area contributed by atoms with Crippen molar-refractivity contribution >= 4 is 17.4 Å². The first-order chi connectivity index (χ1) is 6.77. The van der Waals surface area contributed by atoms with Gasteiger partial charge in [-0.25, -0.2) is 9.97 Å². The van der Waals surface area contributed by atoms with Crippen LogP contribution in [0.3, 0.4) is 0 Å². The van der Waals surface area contributed by atoms with Crippen LogP contribution in [0, 0.1) is 0 Å². The molecule has 14 heavy (non-hydrogen) atoms. The Bertz CT molecular complexity index is 442. The third-order valence-electron chi connectivity index (χ3n) is 1.82. The van der Waals surface area contributed by atoms with Crippen molar-refractivity contribution in [2.45, 2.75) is 0 Å². The van der Waals surface area contributed by atoms with Gasteiger partial charge < -0.3 is 5.73 Å². The van der Waals surface area contributed by atoms with Gasteiger partial charge in [0.1, 0.15) is 16.7 Å². The zero-order valence-electron chi connectivity index (χ0n) is 7.31. The van der Waals surface area contributed by atoms with Crippen LogP contribution in [0.4, 0.5) is 5.82 Å². The van der Waals surface area contributed by atoms with Gasteiger partial charge in [-0.3, -0.25) is 0 Å². The Morgan fingerprint density at radius 1 is 1.14 bits per heavy atom. The van der Waals surface area contributed by atoms with E-state index in [0.717, 1.165) is 5.56 Å². The molecule has 0 amide bonds. The van der Waals surface area contributed by atoms with Gasteiger partial charge in [-0.1, -0.05) is 41.9 Å². The van der Waals surface area contributed by atoms with Crippen molar-refractivity contribution in [3.05, 3.63) is 41.7 Å². The minimum atomic E-state index is 0.345. The maximum absolute atomic E-state index is 5.74. The molecule has 0 bridgehead atoms. The Labute approximate surface area is 86.6 Å². The predicted octanol–water partition coefficient (Wildman–Crippen LogP) is 2.38. The second kappa shape index (κ2) is 3.64. The number of anilines is 1. The molecule has 1 aromatic heterocycles. The van der Waals surface area contributed by atoms with E-state index in [-0.39, 0.29) is 0 Å². The minimum Gasteiger partial charge on any atom is -0.382 e. The van der Waals surface area contributed by atoms with Crippen LogP contribution in [0.15, 0.2) is 36.5 Å². The zero-order valence-corrected chi connectivity index (χ0v) is 8.07. The van der Waals surface area contributed by atoms with Gasteiger partial charge in [0, 0.05) is 5.56 Å². The van der Waals surface area contributed by atoms with Gasteiger partial charge in [-0.15, -0.1) is 0 Å². The smallest absolute Gasteiger partial charge is 0.150 e. The van der Waals surface area contributed by atoms with E-state index in [0.29, 0.717) is 16.7 Å². The number of halogens is 1. The molecule has 0 aliphatic heterocycles. The Hall–Kier alpha value is -1.61. The monoisotopic (exact) mass is 205 g/mol. The third-order valence-corrected chi connectivity index (χ3v) is 2.00. The van der Waals surface area contributed by atoms with Crippen molar-refractivity contribution in [1.82, 2.24) is 9.97 Å². The zero-order chi connectivity index (χ0) is 9.97. The number of nitrogens with zero attached hydrogens (tertiary/aromatic N) is 2. The summed E-state index contributed by atoms with van der Waals surface area (Å²) >= 11 is 5.74. The minimum absolute atomic E-state index is 0.345. The Kier molecular flexibility index (Phi) is 2.33. The highest BCUT2D eigenvalue weighted by Crippen LogP contribution is 2.22. The van der Waals surface area contributed by atoms with Gasteiger partial charge >= 0.3 is 0 Å². The SMILES string of the molecule is Nc1ncc(Cl)nc1-c1ccccc1. The average molecular weight is 206 g/mol. The molecule has 0 atom stereocenters. The Balaban J connectivity index is 2.57. The molecule has 4 heteroatoms. The van der Waals surface area contributed by atoms with E-state index in [4.69, 9.17) is 17.3 Å². The predicted molar refractivity (Wildman–Crippen MR) is 56.9 cm³/mol. The van der Waals surface area contributed by atoms with Crippen molar-refractivity contribution in [3.63, 3.8) is 0 Å². The number of hydrogen-bond donors (Lipinski definition) is 1. The summed E-state index contributed by atoms with van der Waals surface area (Å²) in [4.78, 5) is 8.06. The van der Waals surface area contributed by atoms with Crippen LogP contribution < -0.4 is 5.73 Å². The number of rotatable bonds is 1. The molecule has 0 spiro atoms. The van der Waals surface area contributed by atoms with E-state index < -0.39 is 0 Å². The van der Waals surface area contributed by atoms with Crippen LogP contribution in [0.5, 0.6) is 0 Å². The van der Waals surface area contributed by atoms with E-state index in [9.17, 15) is 0 Å². The summed E-state index contributed by atoms with van der Waals surface area (Å²) in [5, 5.41) is 0.345. The van der Waals surface area contributed by atoms with Gasteiger partial charge in [-0.05, 0) is 0 Å². The van der Waals surface area contributed by atoms with E-state index in [1.807, 2.05) is 30.3 Å². The van der Waals surface area contributed by atoms with Crippen molar-refractivity contribution in [2.24, 2.45) is 0 Å². The number of benzene rings is 1. The van der Waals surface area contributed by atoms with Crippen molar-refractivity contribution < 1.29 is 0 Å². The summed E-state index contributed by atoms with van der Waals surface area (Å²) in [5.74, 6) is 0.389. The lowest BCUT2D eigenvalue weighted by Gasteiger charge is -2.03. The maximum atomic E-state index is 5.74. The lowest BCUT2D eigenvalue weighted by molar-refractivity contribution is 1.21. The summed E-state index contributed by atoms with van der Waals surface area (Å²) in [5.41, 5.74) is 7.23. The van der Waals surface area contributed by atoms with Gasteiger partial charge in [0.05, 0.1) is 6.20 Å². The lowest BCUT2D eigenvalue weighted by atomic mass is 10.1. The molecule has 0 saturated heterocycles. The number of hydrogen-bond acceptors (Lipinski definition) is 3. The standard InChI is InChI=1S/C10H8ClN3/c11-8-6-13-10(12)9(14-8)7-4-2-1-3-5-7/h1-6H,(H2,12,13). The molecule has 2 rings (SSSR count). The molecule has 0 unspecified atom stereocenters. The molecule has 2 aromatic rings. The van der Waals surface area contributed by atoms with Crippen LogP contribution in [-0.2, 0) is 0 Å². The summed E-state index contributed by atoms with van der Waals surface area (Å²) in [6.45, 7) is 0. The lowest BCUT2D eigenvalue weighted by Crippen LogP contribution is -1.96. The highest BCUT2D eigenvalue weighted by Gasteiger charge is 2.05. The second-order valence-electron chi connectivity index (χ2n) is 2.79. The quantitative estimate of drug-likeness (QED) is 0.778. The van der Waals surface area contributed by atoms with Crippen molar-refractivity contribution in [2.75, 3.05) is 5.73 Å². The third kappa shape index (κ3) is 1.67. The highest BCUT2D eigenvalue weighted by molar-refractivity contribution is 6.29. The fraction of sp³-hybridized carbons (Fsp3) is 0. The Morgan fingerprint density at radius 3 is 2.57 bits per heavy atom. The average Bonchev–Trinajstić information content (AvgIpc) is 2.23. The number of aromatic nitrogens is 2. The molecule has 0 saturated carbocycles. The fourth-order valence-corrected chi connectivity index (χ4v) is 1.32. The van der Waals surface area contributed by atoms with Crippen molar-refractivity contribution in [3.8, 4) is 11.3 Å². The van der Waals surface area contributed by atoms with Crippen LogP contribution in [0.1, 0.15) is 0 Å². The summed E-state index contributed by atoms with van der Waals surface area (Å²) in [6, 6.07) is 9.58. The van der Waals surface area contributed by atoms with Crippen LogP contribution >= 0.6 is 11.6 Å². The molecule has 2 N–H and O–H groups in total. The van der Waals surface area contributed by atoms with Crippen LogP contribution in [0.2, 0.25) is 5.15 Å². The van der Waals surface area contributed by atoms with Crippen LogP contribution in [-0.4, -0.2) is 9.97 Å². The first-order valence-electron chi connectivity index (χ1n) is 4.11. The topological polar surface area (TPSA) is 51.8 Å². The molecule has 0 aliphatic carbocycles. The summed E-state index contributed by atoms with van der Waals surface area (Å²) in [6.07, 6.45) is 1.43. The van der Waals surface area contributed by atoms with Crippen LogP contribution in [0.25, 0.3) is 11.3 Å². The van der Waals surface area contributed by atoms with E-state index >= 15 is 0 Å². The van der Waals surface area contributed by atoms with Gasteiger partial charge in [0.25, 0.3) is 0 Å². The van der Waals surface area contributed by atoms with Gasteiger partial charge in [-0.2, -0.15) is 0 Å². The highest BCUT2D eigenvalue weighted by atomic mass is 35.5. The molecule has 1 aromatic carbocycles. The fourth-order valence-electron chi connectivity index (χ4n) is 1.19. The van der Waals surface area contributed by atoms with E-state index in [1.54, 1.807) is 0 Å². The molecular weight excluding hydrogens is 198 g/mol. The Morgan fingerprint density at radius 2 is 1.86 bits per heavy atom. The molecular formula is C10H8ClN3. The van der Waals surface area contributed by atoms with Gasteiger partial charge in [0.15, 0.2) is 0 Å². The second-order valence-corrected chi connectivity index (χ2v) is 3.18. The largest absolute Gasteiger partial charge is 0.382 e. The maximum Gasteiger partial charge on any atom is 0.150 e. The van der Waals surface area contributed by atoms with Crippen molar-refractivity contribution in [1.29, 1.82) is 0 Å². The first kappa shape index (κ1) is 8.97. The van der Waals surface area contributed by atoms with E-state index in [1.165, 1.54) is 6.20 Å². The summed E-state index contributed by atoms with van der Waals surface area (Å²) < 4.78 is 0. The number of nitrogens with two attached hydrogens (primary N) is 1. The molecule has 70 valence electrons. The molecule has 3 nitrogen and oxygen atoms in total. The summed E-state index contributed by atoms with van der Waals surface area (Å²) in [7, 11) is 0. The molecule has 0 fully saturated rings. The normalized spacial score (nSPS) is 10.1.